The average molecular weight is 304 g/mol. The van der Waals surface area contributed by atoms with Gasteiger partial charge in [0.05, 0.1) is 12.7 Å². The van der Waals surface area contributed by atoms with Crippen LogP contribution >= 0.6 is 0 Å². The van der Waals surface area contributed by atoms with Crippen LogP contribution in [0.2, 0.25) is 0 Å². The fourth-order valence-corrected chi connectivity index (χ4v) is 2.31. The van der Waals surface area contributed by atoms with Crippen LogP contribution < -0.4 is 9.47 Å². The summed E-state index contributed by atoms with van der Waals surface area (Å²) in [4.78, 5) is 12.8. The van der Waals surface area contributed by atoms with E-state index in [0.717, 1.165) is 0 Å². The first-order chi connectivity index (χ1) is 11.3. The first kappa shape index (κ1) is 14.9. The number of para-hydroxylation sites is 2. The molecule has 3 rings (SSSR count). The fourth-order valence-electron chi connectivity index (χ4n) is 2.31. The first-order valence-electron chi connectivity index (χ1n) is 7.29. The summed E-state index contributed by atoms with van der Waals surface area (Å²) in [7, 11) is 1.56. The van der Waals surface area contributed by atoms with E-state index in [4.69, 9.17) is 9.47 Å². The summed E-state index contributed by atoms with van der Waals surface area (Å²) in [5.41, 5.74) is 1.08. The van der Waals surface area contributed by atoms with Crippen molar-refractivity contribution in [2.75, 3.05) is 7.11 Å². The minimum absolute atomic E-state index is 0.101. The molecule has 23 heavy (non-hydrogen) atoms. The molecule has 3 nitrogen and oxygen atoms in total. The molecule has 3 aromatic carbocycles. The van der Waals surface area contributed by atoms with Gasteiger partial charge < -0.3 is 9.47 Å². The van der Waals surface area contributed by atoms with Crippen LogP contribution in [0.5, 0.6) is 17.2 Å². The van der Waals surface area contributed by atoms with Gasteiger partial charge in [0.15, 0.2) is 17.3 Å². The van der Waals surface area contributed by atoms with Crippen LogP contribution in [-0.2, 0) is 0 Å². The van der Waals surface area contributed by atoms with Crippen molar-refractivity contribution in [3.63, 3.8) is 0 Å². The molecule has 0 bridgehead atoms. The Morgan fingerprint density at radius 2 is 1.43 bits per heavy atom. The monoisotopic (exact) mass is 304 g/mol. The van der Waals surface area contributed by atoms with Gasteiger partial charge in [-0.15, -0.1) is 0 Å². The van der Waals surface area contributed by atoms with Gasteiger partial charge in [0.25, 0.3) is 0 Å². The molecule has 0 unspecified atom stereocenters. The largest absolute Gasteiger partial charge is 0.493 e. The number of methoxy groups -OCH3 is 1. The summed E-state index contributed by atoms with van der Waals surface area (Å²) in [6, 6.07) is 23.8. The number of benzene rings is 3. The number of ketones is 1. The standard InChI is InChI=1S/C20H16O3/c1-22-18-14-8-13-17(19(21)15-9-4-2-5-10-15)20(18)23-16-11-6-3-7-12-16/h2-14H,1H3. The minimum atomic E-state index is -0.101. The summed E-state index contributed by atoms with van der Waals surface area (Å²) in [6.07, 6.45) is 0. The molecule has 0 radical (unpaired) electrons. The van der Waals surface area contributed by atoms with Crippen molar-refractivity contribution in [2.24, 2.45) is 0 Å². The maximum Gasteiger partial charge on any atom is 0.196 e. The molecule has 0 saturated carbocycles. The van der Waals surface area contributed by atoms with Crippen molar-refractivity contribution in [2.45, 2.75) is 0 Å². The van der Waals surface area contributed by atoms with E-state index >= 15 is 0 Å². The number of hydrogen-bond donors (Lipinski definition) is 0. The van der Waals surface area contributed by atoms with E-state index in [1.165, 1.54) is 0 Å². The van der Waals surface area contributed by atoms with Crippen LogP contribution in [0.4, 0.5) is 0 Å². The van der Waals surface area contributed by atoms with Crippen LogP contribution in [-0.4, -0.2) is 12.9 Å². The molecule has 0 heterocycles. The second kappa shape index (κ2) is 6.79. The Kier molecular flexibility index (Phi) is 4.39. The third kappa shape index (κ3) is 3.24. The van der Waals surface area contributed by atoms with Gasteiger partial charge in [-0.3, -0.25) is 4.79 Å². The third-order valence-electron chi connectivity index (χ3n) is 3.44. The number of carbonyl (C=O) groups excluding carboxylic acids is 1. The van der Waals surface area contributed by atoms with Crippen molar-refractivity contribution in [1.82, 2.24) is 0 Å². The third-order valence-corrected chi connectivity index (χ3v) is 3.44. The molecule has 0 N–H and O–H groups in total. The number of rotatable bonds is 5. The molecule has 0 aliphatic rings. The van der Waals surface area contributed by atoms with E-state index in [2.05, 4.69) is 0 Å². The van der Waals surface area contributed by atoms with E-state index in [9.17, 15) is 4.79 Å². The van der Waals surface area contributed by atoms with Crippen LogP contribution in [0.15, 0.2) is 78.9 Å². The highest BCUT2D eigenvalue weighted by molar-refractivity contribution is 6.11. The van der Waals surface area contributed by atoms with Gasteiger partial charge in [-0.2, -0.15) is 0 Å². The summed E-state index contributed by atoms with van der Waals surface area (Å²) < 4.78 is 11.3. The van der Waals surface area contributed by atoms with Gasteiger partial charge in [0, 0.05) is 5.56 Å². The number of carbonyl (C=O) groups is 1. The lowest BCUT2D eigenvalue weighted by Crippen LogP contribution is -2.04. The Balaban J connectivity index is 2.05. The highest BCUT2D eigenvalue weighted by Crippen LogP contribution is 2.36. The number of ether oxygens (including phenoxy) is 2. The zero-order chi connectivity index (χ0) is 16.1. The van der Waals surface area contributed by atoms with Crippen LogP contribution in [0, 0.1) is 0 Å². The molecule has 0 atom stereocenters. The predicted octanol–water partition coefficient (Wildman–Crippen LogP) is 4.72. The summed E-state index contributed by atoms with van der Waals surface area (Å²) >= 11 is 0. The highest BCUT2D eigenvalue weighted by atomic mass is 16.5. The molecular weight excluding hydrogens is 288 g/mol. The molecule has 0 aromatic heterocycles. The lowest BCUT2D eigenvalue weighted by molar-refractivity contribution is 0.103. The minimum Gasteiger partial charge on any atom is -0.493 e. The predicted molar refractivity (Wildman–Crippen MR) is 89.4 cm³/mol. The van der Waals surface area contributed by atoms with E-state index < -0.39 is 0 Å². The van der Waals surface area contributed by atoms with Gasteiger partial charge in [0.2, 0.25) is 0 Å². The summed E-state index contributed by atoms with van der Waals surface area (Å²) in [5.74, 6) is 1.50. The molecule has 0 aliphatic carbocycles. The Morgan fingerprint density at radius 3 is 2.09 bits per heavy atom. The zero-order valence-electron chi connectivity index (χ0n) is 12.7. The lowest BCUT2D eigenvalue weighted by atomic mass is 10.0. The smallest absolute Gasteiger partial charge is 0.196 e. The first-order valence-corrected chi connectivity index (χ1v) is 7.29. The quantitative estimate of drug-likeness (QED) is 0.640. The molecule has 0 saturated heterocycles. The SMILES string of the molecule is COc1cccc(C(=O)c2ccccc2)c1Oc1ccccc1. The van der Waals surface area contributed by atoms with Crippen molar-refractivity contribution < 1.29 is 14.3 Å². The highest BCUT2D eigenvalue weighted by Gasteiger charge is 2.19. The average Bonchev–Trinajstić information content (AvgIpc) is 2.63. The van der Waals surface area contributed by atoms with Crippen molar-refractivity contribution in [1.29, 1.82) is 0 Å². The van der Waals surface area contributed by atoms with Crippen LogP contribution in [0.25, 0.3) is 0 Å². The molecule has 0 amide bonds. The maximum atomic E-state index is 12.8. The molecule has 3 aromatic rings. The Morgan fingerprint density at radius 1 is 0.783 bits per heavy atom. The normalized spacial score (nSPS) is 10.1. The van der Waals surface area contributed by atoms with Crippen LogP contribution in [0.1, 0.15) is 15.9 Å². The van der Waals surface area contributed by atoms with Gasteiger partial charge in [0.1, 0.15) is 5.75 Å². The molecule has 0 fully saturated rings. The molecule has 114 valence electrons. The second-order valence-electron chi connectivity index (χ2n) is 4.95. The zero-order valence-corrected chi connectivity index (χ0v) is 12.7. The summed E-state index contributed by atoms with van der Waals surface area (Å²) in [6.45, 7) is 0. The van der Waals surface area contributed by atoms with Gasteiger partial charge in [-0.25, -0.2) is 0 Å². The van der Waals surface area contributed by atoms with E-state index in [0.29, 0.717) is 28.4 Å². The van der Waals surface area contributed by atoms with Crippen molar-refractivity contribution in [3.8, 4) is 17.2 Å². The van der Waals surface area contributed by atoms with Crippen molar-refractivity contribution >= 4 is 5.78 Å². The second-order valence-corrected chi connectivity index (χ2v) is 4.95. The Hall–Kier alpha value is -3.07. The van der Waals surface area contributed by atoms with E-state index in [-0.39, 0.29) is 5.78 Å². The van der Waals surface area contributed by atoms with E-state index in [1.54, 1.807) is 37.4 Å². The topological polar surface area (TPSA) is 35.5 Å². The van der Waals surface area contributed by atoms with Gasteiger partial charge in [-0.05, 0) is 24.3 Å². The molecule has 0 aliphatic heterocycles. The molecule has 3 heteroatoms. The van der Waals surface area contributed by atoms with Gasteiger partial charge in [-0.1, -0.05) is 54.6 Å². The molecule has 0 spiro atoms. The van der Waals surface area contributed by atoms with Gasteiger partial charge >= 0.3 is 0 Å². The van der Waals surface area contributed by atoms with E-state index in [1.807, 2.05) is 48.5 Å². The Labute approximate surface area is 135 Å². The summed E-state index contributed by atoms with van der Waals surface area (Å²) in [5, 5.41) is 0. The molecular formula is C20H16O3. The number of hydrogen-bond acceptors (Lipinski definition) is 3. The van der Waals surface area contributed by atoms with Crippen molar-refractivity contribution in [3.05, 3.63) is 90.0 Å². The maximum absolute atomic E-state index is 12.8. The van der Waals surface area contributed by atoms with Crippen LogP contribution in [0.3, 0.4) is 0 Å². The Bertz CT molecular complexity index is 796. The lowest BCUT2D eigenvalue weighted by Gasteiger charge is -2.14. The fraction of sp³-hybridized carbons (Fsp3) is 0.0500.